The maximum atomic E-state index is 12.8. The van der Waals surface area contributed by atoms with Crippen LogP contribution in [-0.4, -0.2) is 45.9 Å². The minimum absolute atomic E-state index is 0.0398. The Bertz CT molecular complexity index is 669. The summed E-state index contributed by atoms with van der Waals surface area (Å²) >= 11 is 0. The largest absolute Gasteiger partial charge is 0.458 e. The third-order valence-electron chi connectivity index (χ3n) is 4.88. The first-order valence-electron chi connectivity index (χ1n) is 8.23. The number of ether oxygens (including phenoxy) is 1. The monoisotopic (exact) mass is 360 g/mol. The van der Waals surface area contributed by atoms with Crippen molar-refractivity contribution < 1.29 is 22.7 Å². The number of hydrogen-bond donors (Lipinski definition) is 1. The quantitative estimate of drug-likeness (QED) is 0.835. The van der Waals surface area contributed by atoms with Gasteiger partial charge in [0.25, 0.3) is 0 Å². The van der Waals surface area contributed by atoms with Crippen molar-refractivity contribution in [3.05, 3.63) is 11.9 Å². The summed E-state index contributed by atoms with van der Waals surface area (Å²) in [5, 5.41) is 3.63. The van der Waals surface area contributed by atoms with Crippen molar-refractivity contribution in [3.63, 3.8) is 0 Å². The first kappa shape index (κ1) is 18.0. The first-order chi connectivity index (χ1) is 11.4. The van der Waals surface area contributed by atoms with Crippen LogP contribution in [0.4, 0.5) is 18.9 Å². The molecule has 2 N–H and O–H groups in total. The van der Waals surface area contributed by atoms with E-state index in [0.29, 0.717) is 6.54 Å². The highest BCUT2D eigenvalue weighted by Crippen LogP contribution is 2.54. The number of hydrogen-bond acceptors (Lipinski definition) is 5. The molecule has 0 bridgehead atoms. The number of nitrogen functional groups attached to an aromatic ring is 1. The lowest BCUT2D eigenvalue weighted by atomic mass is 9.60. The molecule has 6 nitrogen and oxygen atoms in total. The Morgan fingerprint density at radius 3 is 2.48 bits per heavy atom. The fraction of sp³-hybridized carbons (Fsp3) is 0.750. The lowest BCUT2D eigenvalue weighted by Gasteiger charge is -2.60. The lowest BCUT2D eigenvalue weighted by molar-refractivity contribution is -0.162. The van der Waals surface area contributed by atoms with Crippen LogP contribution < -0.4 is 5.73 Å². The Kier molecular flexibility index (Phi) is 4.05. The fourth-order valence-corrected chi connectivity index (χ4v) is 4.17. The van der Waals surface area contributed by atoms with Crippen LogP contribution >= 0.6 is 0 Å². The number of carbonyl (C=O) groups excluding carboxylic acids is 1. The summed E-state index contributed by atoms with van der Waals surface area (Å²) in [6, 6.07) is -0.0398. The molecular formula is C16H23F3N4O2. The summed E-state index contributed by atoms with van der Waals surface area (Å²) in [6.07, 6.45) is -1.67. The van der Waals surface area contributed by atoms with Crippen LogP contribution in [0.1, 0.15) is 45.3 Å². The van der Waals surface area contributed by atoms with Gasteiger partial charge in [-0.1, -0.05) is 0 Å². The third kappa shape index (κ3) is 3.61. The number of aromatic nitrogens is 2. The Morgan fingerprint density at radius 2 is 2.00 bits per heavy atom. The topological polar surface area (TPSA) is 73.4 Å². The van der Waals surface area contributed by atoms with Crippen molar-refractivity contribution >= 4 is 11.7 Å². The normalized spacial score (nSPS) is 21.0. The first-order valence-corrected chi connectivity index (χ1v) is 8.23. The number of likely N-dealkylation sites (tertiary alicyclic amines) is 1. The smallest absolute Gasteiger partial charge is 0.437 e. The van der Waals surface area contributed by atoms with Crippen LogP contribution in [0.2, 0.25) is 0 Å². The Morgan fingerprint density at radius 1 is 1.40 bits per heavy atom. The summed E-state index contributed by atoms with van der Waals surface area (Å²) in [7, 11) is 0. The second kappa shape index (κ2) is 5.62. The van der Waals surface area contributed by atoms with Crippen LogP contribution in [0.25, 0.3) is 0 Å². The molecule has 1 aromatic rings. The molecule has 1 aromatic heterocycles. The lowest BCUT2D eigenvalue weighted by Crippen LogP contribution is -2.64. The van der Waals surface area contributed by atoms with Crippen molar-refractivity contribution in [1.29, 1.82) is 0 Å². The average molecular weight is 360 g/mol. The van der Waals surface area contributed by atoms with Crippen LogP contribution in [-0.2, 0) is 15.7 Å². The van der Waals surface area contributed by atoms with Crippen molar-refractivity contribution in [2.75, 3.05) is 25.4 Å². The molecule has 2 fully saturated rings. The fourth-order valence-electron chi connectivity index (χ4n) is 4.17. The molecule has 0 radical (unpaired) electrons. The molecular weight excluding hydrogens is 337 g/mol. The highest BCUT2D eigenvalue weighted by molar-refractivity contribution is 5.66. The van der Waals surface area contributed by atoms with Gasteiger partial charge >= 0.3 is 12.1 Å². The molecule has 1 saturated heterocycles. The summed E-state index contributed by atoms with van der Waals surface area (Å²) < 4.78 is 45.0. The molecule has 0 amide bonds. The van der Waals surface area contributed by atoms with Gasteiger partial charge in [0, 0.05) is 32.8 Å². The molecule has 1 spiro atoms. The van der Waals surface area contributed by atoms with E-state index in [1.807, 2.05) is 13.8 Å². The zero-order valence-electron chi connectivity index (χ0n) is 14.6. The maximum Gasteiger partial charge on any atom is 0.437 e. The van der Waals surface area contributed by atoms with Gasteiger partial charge in [0.15, 0.2) is 5.69 Å². The SMILES string of the molecule is CC(=O)OC(C)(C)CN1CC2(CC(n3cc(N)c(C(F)(F)F)n3)C2)C1. The number of carbonyl (C=O) groups is 1. The third-order valence-corrected chi connectivity index (χ3v) is 4.88. The highest BCUT2D eigenvalue weighted by atomic mass is 19.4. The van der Waals surface area contributed by atoms with Gasteiger partial charge in [0.1, 0.15) is 5.60 Å². The average Bonchev–Trinajstić information content (AvgIpc) is 2.70. The number of halogens is 3. The van der Waals surface area contributed by atoms with Crippen LogP contribution in [0.3, 0.4) is 0 Å². The maximum absolute atomic E-state index is 12.8. The minimum atomic E-state index is -4.52. The Balaban J connectivity index is 1.52. The molecule has 9 heteroatoms. The number of nitrogens with two attached hydrogens (primary N) is 1. The van der Waals surface area contributed by atoms with Crippen molar-refractivity contribution in [3.8, 4) is 0 Å². The molecule has 2 aliphatic rings. The zero-order valence-corrected chi connectivity index (χ0v) is 14.6. The van der Waals surface area contributed by atoms with Crippen LogP contribution in [0.5, 0.6) is 0 Å². The molecule has 1 saturated carbocycles. The summed E-state index contributed by atoms with van der Waals surface area (Å²) in [5.41, 5.74) is 3.69. The van der Waals surface area contributed by atoms with E-state index in [4.69, 9.17) is 10.5 Å². The molecule has 0 aromatic carbocycles. The van der Waals surface area contributed by atoms with E-state index in [9.17, 15) is 18.0 Å². The summed E-state index contributed by atoms with van der Waals surface area (Å²) in [4.78, 5) is 13.3. The minimum Gasteiger partial charge on any atom is -0.458 e. The van der Waals surface area contributed by atoms with Gasteiger partial charge in [-0.3, -0.25) is 14.4 Å². The second-order valence-corrected chi connectivity index (χ2v) is 7.97. The van der Waals surface area contributed by atoms with E-state index >= 15 is 0 Å². The summed E-state index contributed by atoms with van der Waals surface area (Å²) in [5.74, 6) is -0.305. The van der Waals surface area contributed by atoms with Gasteiger partial charge in [-0.2, -0.15) is 18.3 Å². The second-order valence-electron chi connectivity index (χ2n) is 7.97. The summed E-state index contributed by atoms with van der Waals surface area (Å²) in [6.45, 7) is 7.49. The van der Waals surface area contributed by atoms with Crippen molar-refractivity contribution in [2.24, 2.45) is 5.41 Å². The molecule has 2 heterocycles. The molecule has 25 heavy (non-hydrogen) atoms. The van der Waals surface area contributed by atoms with E-state index < -0.39 is 17.5 Å². The van der Waals surface area contributed by atoms with Gasteiger partial charge in [-0.15, -0.1) is 0 Å². The molecule has 140 valence electrons. The predicted molar refractivity (Wildman–Crippen MR) is 84.6 cm³/mol. The molecule has 1 aliphatic carbocycles. The van der Waals surface area contributed by atoms with E-state index in [1.165, 1.54) is 17.8 Å². The standard InChI is InChI=1S/C16H23F3N4O2/c1-10(24)25-14(2,3)7-22-8-15(9-22)4-11(5-15)23-6-12(20)13(21-23)16(17,18)19/h6,11H,4-5,7-9,20H2,1-3H3. The number of esters is 1. The Hall–Kier alpha value is -1.77. The van der Waals surface area contributed by atoms with Gasteiger partial charge in [0.05, 0.1) is 11.7 Å². The van der Waals surface area contributed by atoms with E-state index in [2.05, 4.69) is 10.00 Å². The van der Waals surface area contributed by atoms with Crippen molar-refractivity contribution in [1.82, 2.24) is 14.7 Å². The zero-order chi connectivity index (χ0) is 18.6. The molecule has 3 rings (SSSR count). The number of nitrogens with zero attached hydrogens (tertiary/aromatic N) is 3. The van der Waals surface area contributed by atoms with E-state index in [1.54, 1.807) is 0 Å². The van der Waals surface area contributed by atoms with Crippen LogP contribution in [0.15, 0.2) is 6.20 Å². The van der Waals surface area contributed by atoms with Gasteiger partial charge in [0.2, 0.25) is 0 Å². The van der Waals surface area contributed by atoms with Crippen molar-refractivity contribution in [2.45, 2.75) is 51.4 Å². The predicted octanol–water partition coefficient (Wildman–Crippen LogP) is 2.46. The van der Waals surface area contributed by atoms with Gasteiger partial charge in [-0.05, 0) is 32.1 Å². The number of rotatable bonds is 4. The van der Waals surface area contributed by atoms with E-state index in [-0.39, 0.29) is 23.1 Å². The van der Waals surface area contributed by atoms with Crippen LogP contribution in [0, 0.1) is 5.41 Å². The number of anilines is 1. The highest BCUT2D eigenvalue weighted by Gasteiger charge is 2.54. The molecule has 1 aliphatic heterocycles. The van der Waals surface area contributed by atoms with Gasteiger partial charge < -0.3 is 10.5 Å². The number of alkyl halides is 3. The molecule has 0 atom stereocenters. The van der Waals surface area contributed by atoms with E-state index in [0.717, 1.165) is 25.9 Å². The molecule has 0 unspecified atom stereocenters. The Labute approximate surface area is 144 Å². The van der Waals surface area contributed by atoms with Gasteiger partial charge in [-0.25, -0.2) is 0 Å².